The van der Waals surface area contributed by atoms with Gasteiger partial charge in [0.15, 0.2) is 11.5 Å². The number of carbonyl (C=O) groups is 2. The number of phenolic OH excluding ortho intramolecular Hbond substituents is 2. The lowest BCUT2D eigenvalue weighted by molar-refractivity contribution is 0.0934. The molecule has 0 saturated carbocycles. The van der Waals surface area contributed by atoms with E-state index in [4.69, 9.17) is 10.8 Å². The van der Waals surface area contributed by atoms with E-state index < -0.39 is 23.4 Å². The number of benzene rings is 1. The predicted molar refractivity (Wildman–Crippen MR) is 50.0 cm³/mol. The summed E-state index contributed by atoms with van der Waals surface area (Å²) in [7, 11) is 0. The molecule has 0 unspecified atom stereocenters. The maximum Gasteiger partial charge on any atom is 0.330 e. The Hall–Kier alpha value is -2.44. The summed E-state index contributed by atoms with van der Waals surface area (Å²) in [6.07, 6.45) is 0. The lowest BCUT2D eigenvalue weighted by Gasteiger charge is -2.06. The van der Waals surface area contributed by atoms with Gasteiger partial charge in [-0.25, -0.2) is 10.2 Å². The Balaban J connectivity index is 2.82. The number of nitrogens with two attached hydrogens (primary N) is 1. The fourth-order valence-corrected chi connectivity index (χ4v) is 0.900. The molecule has 0 fully saturated rings. The number of hydrogen-bond donors (Lipinski definition) is 5. The first kappa shape index (κ1) is 10.6. The lowest BCUT2D eigenvalue weighted by atomic mass is 10.2. The third-order valence-electron chi connectivity index (χ3n) is 1.56. The van der Waals surface area contributed by atoms with E-state index in [1.54, 1.807) is 0 Å². The average molecular weight is 211 g/mol. The van der Waals surface area contributed by atoms with Gasteiger partial charge in [0.05, 0.1) is 5.56 Å². The van der Waals surface area contributed by atoms with Gasteiger partial charge < -0.3 is 15.9 Å². The highest BCUT2D eigenvalue weighted by Crippen LogP contribution is 2.27. The van der Waals surface area contributed by atoms with Crippen molar-refractivity contribution >= 4 is 11.9 Å². The van der Waals surface area contributed by atoms with E-state index in [1.807, 2.05) is 10.9 Å². The van der Waals surface area contributed by atoms with Crippen molar-refractivity contribution in [2.75, 3.05) is 0 Å². The van der Waals surface area contributed by atoms with Crippen LogP contribution in [0, 0.1) is 0 Å². The van der Waals surface area contributed by atoms with Crippen molar-refractivity contribution in [2.45, 2.75) is 0 Å². The molecule has 0 saturated heterocycles. The Labute approximate surface area is 84.5 Å². The Morgan fingerprint density at radius 1 is 1.20 bits per heavy atom. The highest BCUT2D eigenvalue weighted by atomic mass is 16.3. The lowest BCUT2D eigenvalue weighted by Crippen LogP contribution is -2.44. The molecule has 0 aliphatic heterocycles. The van der Waals surface area contributed by atoms with Crippen molar-refractivity contribution in [1.29, 1.82) is 0 Å². The summed E-state index contributed by atoms with van der Waals surface area (Å²) in [5, 5.41) is 18.4. The molecular formula is C8H9N3O4. The fourth-order valence-electron chi connectivity index (χ4n) is 0.900. The van der Waals surface area contributed by atoms with Crippen LogP contribution in [0.25, 0.3) is 0 Å². The van der Waals surface area contributed by atoms with Crippen molar-refractivity contribution in [3.63, 3.8) is 0 Å². The molecule has 0 atom stereocenters. The molecule has 0 aliphatic carbocycles. The summed E-state index contributed by atoms with van der Waals surface area (Å²) < 4.78 is 0. The topological polar surface area (TPSA) is 125 Å². The maximum atomic E-state index is 11.3. The minimum absolute atomic E-state index is 0.177. The van der Waals surface area contributed by atoms with Crippen LogP contribution in [-0.4, -0.2) is 22.2 Å². The van der Waals surface area contributed by atoms with Gasteiger partial charge in [0.25, 0.3) is 5.91 Å². The molecule has 15 heavy (non-hydrogen) atoms. The van der Waals surface area contributed by atoms with E-state index in [0.717, 1.165) is 0 Å². The Kier molecular flexibility index (Phi) is 2.97. The van der Waals surface area contributed by atoms with Gasteiger partial charge >= 0.3 is 6.03 Å². The van der Waals surface area contributed by atoms with Crippen LogP contribution in [-0.2, 0) is 0 Å². The van der Waals surface area contributed by atoms with Crippen molar-refractivity contribution in [3.05, 3.63) is 23.8 Å². The first-order valence-corrected chi connectivity index (χ1v) is 3.89. The smallest absolute Gasteiger partial charge is 0.330 e. The van der Waals surface area contributed by atoms with Crippen LogP contribution in [0.2, 0.25) is 0 Å². The first-order chi connectivity index (χ1) is 7.02. The Bertz CT molecular complexity index is 405. The van der Waals surface area contributed by atoms with Gasteiger partial charge in [0.2, 0.25) is 0 Å². The largest absolute Gasteiger partial charge is 0.504 e. The highest BCUT2D eigenvalue weighted by Gasteiger charge is 2.13. The van der Waals surface area contributed by atoms with Crippen LogP contribution in [0.15, 0.2) is 18.2 Å². The van der Waals surface area contributed by atoms with Gasteiger partial charge in [-0.2, -0.15) is 0 Å². The van der Waals surface area contributed by atoms with Gasteiger partial charge in [-0.1, -0.05) is 6.07 Å². The van der Waals surface area contributed by atoms with E-state index >= 15 is 0 Å². The zero-order valence-electron chi connectivity index (χ0n) is 7.52. The van der Waals surface area contributed by atoms with Gasteiger partial charge in [0.1, 0.15) is 0 Å². The van der Waals surface area contributed by atoms with Crippen molar-refractivity contribution < 1.29 is 19.8 Å². The minimum Gasteiger partial charge on any atom is -0.504 e. The third-order valence-corrected chi connectivity index (χ3v) is 1.56. The van der Waals surface area contributed by atoms with E-state index in [-0.39, 0.29) is 5.56 Å². The first-order valence-electron chi connectivity index (χ1n) is 3.89. The monoisotopic (exact) mass is 211 g/mol. The molecule has 0 spiro atoms. The number of para-hydroxylation sites is 1. The second-order valence-corrected chi connectivity index (χ2v) is 2.62. The number of rotatable bonds is 1. The third kappa shape index (κ3) is 2.50. The molecule has 0 heterocycles. The van der Waals surface area contributed by atoms with Crippen molar-refractivity contribution in [1.82, 2.24) is 10.9 Å². The molecule has 0 radical (unpaired) electrons. The number of urea groups is 1. The molecule has 0 aliphatic rings. The van der Waals surface area contributed by atoms with E-state index in [9.17, 15) is 14.7 Å². The van der Waals surface area contributed by atoms with E-state index in [1.165, 1.54) is 18.2 Å². The second-order valence-electron chi connectivity index (χ2n) is 2.62. The fraction of sp³-hybridized carbons (Fsp3) is 0. The highest BCUT2D eigenvalue weighted by molar-refractivity contribution is 5.98. The molecule has 6 N–H and O–H groups in total. The molecule has 3 amide bonds. The number of phenols is 2. The SMILES string of the molecule is NC(=O)NNC(=O)c1cccc(O)c1O. The summed E-state index contributed by atoms with van der Waals surface area (Å²) in [4.78, 5) is 21.5. The molecule has 7 nitrogen and oxygen atoms in total. The van der Waals surface area contributed by atoms with Gasteiger partial charge in [-0.05, 0) is 12.1 Å². The number of amides is 3. The summed E-state index contributed by atoms with van der Waals surface area (Å²) in [6, 6.07) is 2.91. The second kappa shape index (κ2) is 4.18. The number of hydrogen-bond acceptors (Lipinski definition) is 4. The van der Waals surface area contributed by atoms with Crippen LogP contribution in [0.4, 0.5) is 4.79 Å². The molecule has 7 heteroatoms. The van der Waals surface area contributed by atoms with Crippen LogP contribution in [0.5, 0.6) is 11.5 Å². The normalized spacial score (nSPS) is 9.33. The van der Waals surface area contributed by atoms with Crippen LogP contribution in [0.1, 0.15) is 10.4 Å². The number of carbonyl (C=O) groups excluding carboxylic acids is 2. The number of nitrogens with one attached hydrogen (secondary N) is 2. The number of hydrazine groups is 1. The van der Waals surface area contributed by atoms with E-state index in [2.05, 4.69) is 0 Å². The van der Waals surface area contributed by atoms with Crippen LogP contribution in [0.3, 0.4) is 0 Å². The van der Waals surface area contributed by atoms with Crippen molar-refractivity contribution in [3.8, 4) is 11.5 Å². The summed E-state index contributed by atoms with van der Waals surface area (Å²) in [5.41, 5.74) is 8.30. The average Bonchev–Trinajstić information content (AvgIpc) is 2.18. The molecule has 0 bridgehead atoms. The summed E-state index contributed by atoms with van der Waals surface area (Å²) >= 11 is 0. The van der Waals surface area contributed by atoms with Gasteiger partial charge in [0, 0.05) is 0 Å². The quantitative estimate of drug-likeness (QED) is 0.314. The molecule has 1 aromatic carbocycles. The standard InChI is InChI=1S/C8H9N3O4/c9-8(15)11-10-7(14)4-2-1-3-5(12)6(4)13/h1-3,12-13H,(H,10,14)(H3,9,11,15). The number of aromatic hydroxyl groups is 2. The van der Waals surface area contributed by atoms with Crippen LogP contribution < -0.4 is 16.6 Å². The van der Waals surface area contributed by atoms with Crippen molar-refractivity contribution in [2.24, 2.45) is 5.73 Å². The predicted octanol–water partition coefficient (Wildman–Crippen LogP) is -0.589. The zero-order chi connectivity index (χ0) is 11.4. The minimum atomic E-state index is -0.942. The van der Waals surface area contributed by atoms with Crippen LogP contribution >= 0.6 is 0 Å². The molecule has 1 aromatic rings. The van der Waals surface area contributed by atoms with Gasteiger partial charge in [-0.15, -0.1) is 0 Å². The Morgan fingerprint density at radius 3 is 2.47 bits per heavy atom. The molecule has 80 valence electrons. The number of primary amides is 1. The van der Waals surface area contributed by atoms with E-state index in [0.29, 0.717) is 0 Å². The molecule has 0 aromatic heterocycles. The van der Waals surface area contributed by atoms with Gasteiger partial charge in [-0.3, -0.25) is 10.2 Å². The molecular weight excluding hydrogens is 202 g/mol. The summed E-state index contributed by atoms with van der Waals surface area (Å²) in [5.74, 6) is -1.79. The zero-order valence-corrected chi connectivity index (χ0v) is 7.52. The molecule has 1 rings (SSSR count). The summed E-state index contributed by atoms with van der Waals surface area (Å²) in [6.45, 7) is 0. The Morgan fingerprint density at radius 2 is 1.87 bits per heavy atom. The maximum absolute atomic E-state index is 11.3.